The van der Waals surface area contributed by atoms with Gasteiger partial charge in [0.2, 0.25) is 0 Å². The van der Waals surface area contributed by atoms with E-state index in [1.54, 1.807) is 13.0 Å². The van der Waals surface area contributed by atoms with Gasteiger partial charge in [0, 0.05) is 44.5 Å². The van der Waals surface area contributed by atoms with E-state index < -0.39 is 0 Å². The van der Waals surface area contributed by atoms with E-state index in [4.69, 9.17) is 10.5 Å². The van der Waals surface area contributed by atoms with Gasteiger partial charge in [-0.2, -0.15) is 0 Å². The number of benzene rings is 1. The number of ether oxygens (including phenoxy) is 1. The summed E-state index contributed by atoms with van der Waals surface area (Å²) in [5, 5.41) is 0. The maximum atomic E-state index is 12.6. The SMILES string of the molecule is CCOC(=O)c1ccc(N2CCN(C(=O)c3ccc(CN)cc3)CC2)nc1. The van der Waals surface area contributed by atoms with Crippen LogP contribution in [-0.2, 0) is 11.3 Å². The van der Waals surface area contributed by atoms with Crippen LogP contribution in [0, 0.1) is 0 Å². The van der Waals surface area contributed by atoms with Crippen LogP contribution >= 0.6 is 0 Å². The molecule has 1 saturated heterocycles. The van der Waals surface area contributed by atoms with Gasteiger partial charge < -0.3 is 20.3 Å². The third kappa shape index (κ3) is 4.43. The molecule has 0 spiro atoms. The van der Waals surface area contributed by atoms with Crippen molar-refractivity contribution in [3.8, 4) is 0 Å². The molecule has 0 bridgehead atoms. The molecule has 3 rings (SSSR count). The third-order valence-electron chi connectivity index (χ3n) is 4.59. The first-order chi connectivity index (χ1) is 13.1. The zero-order valence-electron chi connectivity index (χ0n) is 15.4. The number of carbonyl (C=O) groups is 2. The number of amides is 1. The Kier molecular flexibility index (Phi) is 6.03. The van der Waals surface area contributed by atoms with Gasteiger partial charge in [0.25, 0.3) is 5.91 Å². The second-order valence-corrected chi connectivity index (χ2v) is 6.31. The number of aromatic nitrogens is 1. The van der Waals surface area contributed by atoms with Crippen molar-refractivity contribution in [1.29, 1.82) is 0 Å². The summed E-state index contributed by atoms with van der Waals surface area (Å²) in [6, 6.07) is 11.0. The molecule has 1 aromatic carbocycles. The molecule has 1 aliphatic rings. The molecule has 27 heavy (non-hydrogen) atoms. The molecule has 0 saturated carbocycles. The zero-order valence-corrected chi connectivity index (χ0v) is 15.4. The Morgan fingerprint density at radius 3 is 2.26 bits per heavy atom. The minimum absolute atomic E-state index is 0.0313. The number of nitrogens with two attached hydrogens (primary N) is 1. The number of nitrogens with zero attached hydrogens (tertiary/aromatic N) is 3. The van der Waals surface area contributed by atoms with Gasteiger partial charge in [-0.05, 0) is 36.8 Å². The van der Waals surface area contributed by atoms with Crippen molar-refractivity contribution >= 4 is 17.7 Å². The van der Waals surface area contributed by atoms with Crippen LogP contribution in [0.25, 0.3) is 0 Å². The van der Waals surface area contributed by atoms with Crippen LogP contribution in [0.4, 0.5) is 5.82 Å². The van der Waals surface area contributed by atoms with E-state index in [0.29, 0.717) is 50.5 Å². The summed E-state index contributed by atoms with van der Waals surface area (Å²) in [6.07, 6.45) is 1.53. The minimum Gasteiger partial charge on any atom is -0.462 e. The Bertz CT molecular complexity index is 782. The van der Waals surface area contributed by atoms with Crippen LogP contribution in [0.5, 0.6) is 0 Å². The Morgan fingerprint density at radius 1 is 1.04 bits per heavy atom. The van der Waals surface area contributed by atoms with Crippen LogP contribution in [0.15, 0.2) is 42.6 Å². The van der Waals surface area contributed by atoms with Crippen LogP contribution in [0.3, 0.4) is 0 Å². The van der Waals surface area contributed by atoms with Crippen molar-refractivity contribution in [2.75, 3.05) is 37.7 Å². The quantitative estimate of drug-likeness (QED) is 0.808. The van der Waals surface area contributed by atoms with Gasteiger partial charge >= 0.3 is 5.97 Å². The van der Waals surface area contributed by atoms with Crippen LogP contribution in [-0.4, -0.2) is 54.5 Å². The van der Waals surface area contributed by atoms with E-state index in [-0.39, 0.29) is 11.9 Å². The molecular formula is C20H24N4O3. The molecule has 2 heterocycles. The number of carbonyl (C=O) groups excluding carboxylic acids is 2. The summed E-state index contributed by atoms with van der Waals surface area (Å²) < 4.78 is 4.97. The normalized spacial score (nSPS) is 14.1. The fourth-order valence-electron chi connectivity index (χ4n) is 3.01. The van der Waals surface area contributed by atoms with Gasteiger partial charge in [0.15, 0.2) is 0 Å². The standard InChI is InChI=1S/C20H24N4O3/c1-2-27-20(26)17-7-8-18(22-14-17)23-9-11-24(12-10-23)19(25)16-5-3-15(13-21)4-6-16/h3-8,14H,2,9-13,21H2,1H3. The van der Waals surface area contributed by atoms with E-state index >= 15 is 0 Å². The minimum atomic E-state index is -0.368. The number of anilines is 1. The first-order valence-corrected chi connectivity index (χ1v) is 9.08. The van der Waals surface area contributed by atoms with Gasteiger partial charge in [-0.25, -0.2) is 9.78 Å². The van der Waals surface area contributed by atoms with E-state index in [2.05, 4.69) is 9.88 Å². The fraction of sp³-hybridized carbons (Fsp3) is 0.350. The van der Waals surface area contributed by atoms with Crippen molar-refractivity contribution in [1.82, 2.24) is 9.88 Å². The van der Waals surface area contributed by atoms with Crippen LogP contribution in [0.2, 0.25) is 0 Å². The Balaban J connectivity index is 1.58. The lowest BCUT2D eigenvalue weighted by Crippen LogP contribution is -2.49. The largest absolute Gasteiger partial charge is 0.462 e. The van der Waals surface area contributed by atoms with Crippen LogP contribution < -0.4 is 10.6 Å². The van der Waals surface area contributed by atoms with E-state index in [0.717, 1.165) is 11.4 Å². The fourth-order valence-corrected chi connectivity index (χ4v) is 3.01. The second-order valence-electron chi connectivity index (χ2n) is 6.31. The highest BCUT2D eigenvalue weighted by atomic mass is 16.5. The summed E-state index contributed by atoms with van der Waals surface area (Å²) in [7, 11) is 0. The summed E-state index contributed by atoms with van der Waals surface area (Å²) >= 11 is 0. The zero-order chi connectivity index (χ0) is 19.2. The van der Waals surface area contributed by atoms with Crippen molar-refractivity contribution in [3.63, 3.8) is 0 Å². The number of pyridine rings is 1. The number of esters is 1. The van der Waals surface area contributed by atoms with Gasteiger partial charge in [-0.1, -0.05) is 12.1 Å². The molecule has 0 aliphatic carbocycles. The van der Waals surface area contributed by atoms with Crippen molar-refractivity contribution in [3.05, 3.63) is 59.3 Å². The van der Waals surface area contributed by atoms with E-state index in [1.807, 2.05) is 35.2 Å². The van der Waals surface area contributed by atoms with Crippen molar-refractivity contribution < 1.29 is 14.3 Å². The monoisotopic (exact) mass is 368 g/mol. The van der Waals surface area contributed by atoms with E-state index in [1.165, 1.54) is 6.20 Å². The molecule has 0 radical (unpaired) electrons. The number of rotatable bonds is 5. The van der Waals surface area contributed by atoms with Gasteiger partial charge in [0.05, 0.1) is 12.2 Å². The van der Waals surface area contributed by atoms with Gasteiger partial charge in [-0.15, -0.1) is 0 Å². The molecule has 7 heteroatoms. The van der Waals surface area contributed by atoms with Crippen LogP contribution in [0.1, 0.15) is 33.2 Å². The molecule has 0 atom stereocenters. The Morgan fingerprint density at radius 2 is 1.70 bits per heavy atom. The molecule has 7 nitrogen and oxygen atoms in total. The molecule has 2 aromatic rings. The van der Waals surface area contributed by atoms with Gasteiger partial charge in [0.1, 0.15) is 5.82 Å². The lowest BCUT2D eigenvalue weighted by Gasteiger charge is -2.35. The Labute approximate surface area is 158 Å². The maximum Gasteiger partial charge on any atom is 0.339 e. The number of hydrogen-bond acceptors (Lipinski definition) is 6. The average molecular weight is 368 g/mol. The first-order valence-electron chi connectivity index (χ1n) is 9.08. The molecular weight excluding hydrogens is 344 g/mol. The topological polar surface area (TPSA) is 88.8 Å². The molecule has 0 unspecified atom stereocenters. The summed E-state index contributed by atoms with van der Waals surface area (Å²) in [4.78, 5) is 32.6. The van der Waals surface area contributed by atoms with Crippen molar-refractivity contribution in [2.45, 2.75) is 13.5 Å². The molecule has 1 fully saturated rings. The highest BCUT2D eigenvalue weighted by Crippen LogP contribution is 2.16. The third-order valence-corrected chi connectivity index (χ3v) is 4.59. The molecule has 1 amide bonds. The molecule has 1 aromatic heterocycles. The van der Waals surface area contributed by atoms with Gasteiger partial charge in [-0.3, -0.25) is 4.79 Å². The van der Waals surface area contributed by atoms with Crippen molar-refractivity contribution in [2.24, 2.45) is 5.73 Å². The molecule has 1 aliphatic heterocycles. The number of hydrogen-bond donors (Lipinski definition) is 1. The second kappa shape index (κ2) is 8.64. The lowest BCUT2D eigenvalue weighted by molar-refractivity contribution is 0.0525. The average Bonchev–Trinajstić information content (AvgIpc) is 2.74. The molecule has 2 N–H and O–H groups in total. The highest BCUT2D eigenvalue weighted by Gasteiger charge is 2.23. The highest BCUT2D eigenvalue weighted by molar-refractivity contribution is 5.94. The smallest absolute Gasteiger partial charge is 0.339 e. The summed E-state index contributed by atoms with van der Waals surface area (Å²) in [5.41, 5.74) is 7.72. The summed E-state index contributed by atoms with van der Waals surface area (Å²) in [6.45, 7) is 5.21. The first kappa shape index (κ1) is 18.8. The predicted octanol–water partition coefficient (Wildman–Crippen LogP) is 1.68. The maximum absolute atomic E-state index is 12.6. The van der Waals surface area contributed by atoms with E-state index in [9.17, 15) is 9.59 Å². The summed E-state index contributed by atoms with van der Waals surface area (Å²) in [5.74, 6) is 0.457. The Hall–Kier alpha value is -2.93. The predicted molar refractivity (Wildman–Crippen MR) is 103 cm³/mol. The molecule has 142 valence electrons. The lowest BCUT2D eigenvalue weighted by atomic mass is 10.1. The number of piperazine rings is 1.